The molecule has 2 heterocycles. The number of unbranched alkanes of at least 4 members (excludes halogenated alkanes) is 8. The SMILES string of the molecule is CCCC[C@@H](CO)NC(=O)OC(C)(C)C.CCCC[C@@H](Cc1cccc(OC)c1)NC(=O)OC(C)(C)C.CCCC[C@@H](Cc1cccc(OC)c1)NC(=O)c1ccc(F)cc1.CCCC[C@H](N)C(=O)O.CCCC[C@H](N)CO.CCCC[C@H](N)Cc1cccc(OC)c1.CCCC[C@H]1COS(=O)(=O)N1C(=O)OC(C)(C)C.CCCC[C@H]1COS(=O)N1C(=O)OC(C)(C)C.COc1c[c-]ccc1.O=C(O)c1ccc(F)cc1.[Br-].[Mg+2]. The number of aliphatic carboxylic acids is 1. The van der Waals surface area contributed by atoms with Gasteiger partial charge in [-0.1, -0.05) is 195 Å². The number of nitrogens with one attached hydrogen (secondary N) is 3. The van der Waals surface area contributed by atoms with Crippen molar-refractivity contribution >= 4 is 86.8 Å². The average molecular weight is 2200 g/mol. The molecule has 2 saturated heterocycles. The first kappa shape index (κ1) is 145. The molecule has 8 rings (SSSR count). The number of hydrogen-bond donors (Lipinski definition) is 10. The van der Waals surface area contributed by atoms with Gasteiger partial charge in [-0.25, -0.2) is 37.0 Å². The van der Waals surface area contributed by atoms with Gasteiger partial charge in [-0.05, 0) is 255 Å². The number of hydrogen-bond acceptors (Lipinski definition) is 25. The third-order valence-corrected chi connectivity index (χ3v) is 23.2. The van der Waals surface area contributed by atoms with Crippen molar-refractivity contribution in [2.75, 3.05) is 54.9 Å². The van der Waals surface area contributed by atoms with Crippen LogP contribution in [-0.2, 0) is 72.9 Å². The first-order valence-corrected chi connectivity index (χ1v) is 53.3. The molecule has 2 aliphatic heterocycles. The van der Waals surface area contributed by atoms with Gasteiger partial charge in [0.2, 0.25) is 0 Å². The molecule has 0 spiro atoms. The number of rotatable bonds is 42. The molecule has 9 atom stereocenters. The number of aliphatic hydroxyl groups is 2. The first-order valence-electron chi connectivity index (χ1n) is 50.9. The summed E-state index contributed by atoms with van der Waals surface area (Å²) in [5.41, 5.74) is 18.5. The molecule has 2 fully saturated rings. The quantitative estimate of drug-likeness (QED) is 0.00966. The van der Waals surface area contributed by atoms with E-state index in [0.717, 1.165) is 198 Å². The number of carbonyl (C=O) groups excluding carboxylic acids is 5. The smallest absolute Gasteiger partial charge is 1.00 e. The van der Waals surface area contributed by atoms with Crippen LogP contribution >= 0.6 is 0 Å². The second kappa shape index (κ2) is 82.6. The number of halogens is 3. The van der Waals surface area contributed by atoms with E-state index in [4.69, 9.17) is 83.9 Å². The van der Waals surface area contributed by atoms with Crippen LogP contribution in [0.25, 0.3) is 0 Å². The summed E-state index contributed by atoms with van der Waals surface area (Å²) in [5.74, 6) is 0.538. The topological polar surface area (TPSA) is 465 Å². The Morgan fingerprint density at radius 1 is 0.459 bits per heavy atom. The van der Waals surface area contributed by atoms with Crippen molar-refractivity contribution in [1.82, 2.24) is 24.6 Å². The minimum atomic E-state index is -3.98. The van der Waals surface area contributed by atoms with Gasteiger partial charge in [-0.3, -0.25) is 18.0 Å². The van der Waals surface area contributed by atoms with E-state index in [1.165, 1.54) is 59.1 Å². The normalized spacial score (nSPS) is 14.7. The molecule has 0 radical (unpaired) electrons. The second-order valence-corrected chi connectivity index (χ2v) is 41.4. The summed E-state index contributed by atoms with van der Waals surface area (Å²) in [6.07, 6.45) is 23.6. The third-order valence-electron chi connectivity index (χ3n) is 20.7. The number of nitrogens with zero attached hydrogens (tertiary/aromatic N) is 2. The molecule has 148 heavy (non-hydrogen) atoms. The Hall–Kier alpha value is -9.06. The van der Waals surface area contributed by atoms with E-state index < -0.39 is 92.1 Å². The maximum absolute atomic E-state index is 13.0. The Bertz CT molecular complexity index is 4660. The summed E-state index contributed by atoms with van der Waals surface area (Å²) in [6, 6.07) is 43.5. The second-order valence-electron chi connectivity index (χ2n) is 38.9. The molecule has 6 aromatic carbocycles. The number of carboxylic acids is 2. The monoisotopic (exact) mass is 2200 g/mol. The number of aromatic carboxylic acids is 1. The summed E-state index contributed by atoms with van der Waals surface area (Å²) in [7, 11) is 2.66. The molecule has 2 aliphatic rings. The fraction of sp³-hybridized carbons (Fsp3) is 0.609. The number of amides is 5. The Morgan fingerprint density at radius 3 is 1.20 bits per heavy atom. The van der Waals surface area contributed by atoms with Gasteiger partial charge < -0.3 is 108 Å². The predicted molar refractivity (Wildman–Crippen MR) is 580 cm³/mol. The van der Waals surface area contributed by atoms with E-state index in [1.54, 1.807) is 76.0 Å². The molecule has 13 N–H and O–H groups in total. The van der Waals surface area contributed by atoms with E-state index in [-0.39, 0.29) is 119 Å². The first-order chi connectivity index (χ1) is 68.7. The number of carbonyl (C=O) groups is 7. The Balaban J connectivity index is -0.000000792. The van der Waals surface area contributed by atoms with E-state index >= 15 is 0 Å². The molecule has 838 valence electrons. The molecule has 6 aromatic rings. The standard InChI is InChI=1S/C20H24FNO2.C18H29NO3.C13H21NO.C11H21NO5S.C11H21NO4S.C11H23NO3.C7H5FO2.C7H7O.C6H13NO2.C6H15NO.BrH.Mg/c1-3-4-7-18(13-15-6-5-8-19(14-15)24-2)22-20(23)16-9-11-17(21)12-10-16;1-6-7-10-15(19-17(20)22-18(2,3)4)12-14-9-8-11-16(13-14)21-5;1-3-4-7-12(14)9-11-6-5-8-13(10-11)15-2;1-5-6-7-9-8-16-18(14,15)12(9)10(13)17-11(2,3)4;1-5-6-7-9-8-15-17(14)12(9)10(13)16-11(2,3)4;1-5-6-7-9(8-13)12-10(14)15-11(2,3)4;8-6-3-1-5(2-4-6)7(9)10;1-8-7-5-3-2-4-6-7;1-2-3-4-5(7)6(8)9;1-2-3-4-6(7)5-8;;/h5-6,8-12,14,18H,3-4,7,13H2,1-2H3,(H,22,23);8-9,11,13,15H,6-7,10,12H2,1-5H3,(H,19,20);5-6,8,10,12H,3-4,7,9,14H2,1-2H3;9H,5-8H2,1-4H3;9H,5-8H2,1-4H3;9,13H,5-8H2,1-4H3,(H,12,14);1-4H,(H,9,10);2-3,5-6H,1H3;5H,2-4,7H2,1H3,(H,8,9);6,8H,2-5,7H2,1H3;1H;/q;;;;;;;-1;;;;+2/p-1/t18-;15-;12-;9-;9-,17?;9-;;;5-;6-;;/m000000..00../s1. The molecule has 38 heteroatoms. The van der Waals surface area contributed by atoms with Gasteiger partial charge in [0.25, 0.3) is 17.2 Å². The zero-order valence-electron chi connectivity index (χ0n) is 92.6. The summed E-state index contributed by atoms with van der Waals surface area (Å²) < 4.78 is 113. The Morgan fingerprint density at radius 2 is 0.824 bits per heavy atom. The summed E-state index contributed by atoms with van der Waals surface area (Å²) in [6.45, 7) is 38.6. The molecule has 5 amide bonds. The summed E-state index contributed by atoms with van der Waals surface area (Å²) >= 11 is -1.70. The van der Waals surface area contributed by atoms with Gasteiger partial charge >= 0.3 is 69.7 Å². The van der Waals surface area contributed by atoms with Crippen LogP contribution in [0.1, 0.15) is 330 Å². The van der Waals surface area contributed by atoms with Crippen LogP contribution in [0.4, 0.5) is 28.0 Å². The van der Waals surface area contributed by atoms with Crippen LogP contribution in [0.3, 0.4) is 0 Å². The Kier molecular flexibility index (Phi) is 81.0. The van der Waals surface area contributed by atoms with Crippen molar-refractivity contribution in [1.29, 1.82) is 0 Å². The van der Waals surface area contributed by atoms with Gasteiger partial charge in [0.15, 0.2) is 0 Å². The average Bonchev–Trinajstić information content (AvgIpc) is 1.65. The number of carboxylic acid groups (broad SMARTS) is 2. The predicted octanol–water partition coefficient (Wildman–Crippen LogP) is 18.7. The van der Waals surface area contributed by atoms with Crippen molar-refractivity contribution < 1.29 is 139 Å². The fourth-order valence-corrected chi connectivity index (χ4v) is 15.2. The molecule has 0 bridgehead atoms. The van der Waals surface area contributed by atoms with Gasteiger partial charge in [0.1, 0.15) is 57.3 Å². The molecule has 0 aliphatic carbocycles. The number of alkyl carbamates (subject to hydrolysis) is 2. The third kappa shape index (κ3) is 73.2. The maximum Gasteiger partial charge on any atom is 2.00 e. The van der Waals surface area contributed by atoms with Crippen LogP contribution in [0.5, 0.6) is 23.0 Å². The zero-order chi connectivity index (χ0) is 111. The van der Waals surface area contributed by atoms with E-state index in [2.05, 4.69) is 81.8 Å². The number of methoxy groups -OCH3 is 4. The molecular formula is C110H179BrF2MgN8O24S2. The largest absolute Gasteiger partial charge is 2.00 e. The number of benzene rings is 6. The van der Waals surface area contributed by atoms with Crippen LogP contribution in [0.2, 0.25) is 0 Å². The van der Waals surface area contributed by atoms with Crippen molar-refractivity contribution in [2.45, 2.75) is 383 Å². The molecule has 1 unspecified atom stereocenters. The molecular weight excluding hydrogens is 2020 g/mol. The van der Waals surface area contributed by atoms with Crippen LogP contribution in [-0.4, -0.2) is 233 Å². The van der Waals surface area contributed by atoms with E-state index in [1.807, 2.05) is 128 Å². The Labute approximate surface area is 912 Å². The van der Waals surface area contributed by atoms with Crippen molar-refractivity contribution in [3.63, 3.8) is 0 Å². The van der Waals surface area contributed by atoms with Gasteiger partial charge in [0.05, 0.1) is 78.6 Å². The number of aliphatic hydroxyl groups excluding tert-OH is 2. The van der Waals surface area contributed by atoms with Crippen LogP contribution in [0, 0.1) is 17.7 Å². The summed E-state index contributed by atoms with van der Waals surface area (Å²) in [5, 5.41) is 42.8. The number of nitrogens with two attached hydrogens (primary N) is 3. The van der Waals surface area contributed by atoms with Crippen molar-refractivity contribution in [3.05, 3.63) is 191 Å². The van der Waals surface area contributed by atoms with Crippen molar-refractivity contribution in [2.24, 2.45) is 17.2 Å². The van der Waals surface area contributed by atoms with Gasteiger partial charge in [-0.15, -0.1) is 12.1 Å². The molecule has 32 nitrogen and oxygen atoms in total. The van der Waals surface area contributed by atoms with Crippen molar-refractivity contribution in [3.8, 4) is 23.0 Å². The maximum atomic E-state index is 13.0. The fourth-order valence-electron chi connectivity index (χ4n) is 13.1. The minimum absolute atomic E-state index is 0. The van der Waals surface area contributed by atoms with Gasteiger partial charge in [0, 0.05) is 35.5 Å². The van der Waals surface area contributed by atoms with E-state index in [9.17, 15) is 55.0 Å². The van der Waals surface area contributed by atoms with Gasteiger partial charge in [-0.2, -0.15) is 35.2 Å². The number of ether oxygens (including phenoxy) is 8. The zero-order valence-corrected chi connectivity index (χ0v) is 97.3. The van der Waals surface area contributed by atoms with Crippen LogP contribution in [0.15, 0.2) is 146 Å². The minimum Gasteiger partial charge on any atom is -1.00 e. The van der Waals surface area contributed by atoms with Crippen LogP contribution < -0.4 is 69.1 Å². The molecule has 0 saturated carbocycles. The molecule has 0 aromatic heterocycles. The summed E-state index contributed by atoms with van der Waals surface area (Å²) in [4.78, 5) is 79.8. The van der Waals surface area contributed by atoms with E-state index in [0.29, 0.717) is 25.0 Å².